The van der Waals surface area contributed by atoms with Gasteiger partial charge in [-0.3, -0.25) is 4.79 Å². The second kappa shape index (κ2) is 8.40. The minimum absolute atomic E-state index is 0.00542. The van der Waals surface area contributed by atoms with Gasteiger partial charge in [0.05, 0.1) is 6.61 Å². The van der Waals surface area contributed by atoms with Crippen LogP contribution >= 0.6 is 0 Å². The fourth-order valence-electron chi connectivity index (χ4n) is 3.33. The summed E-state index contributed by atoms with van der Waals surface area (Å²) in [5, 5.41) is -0.0545. The molecule has 3 rings (SSSR count). The fourth-order valence-corrected chi connectivity index (χ4v) is 4.68. The molecule has 1 heterocycles. The summed E-state index contributed by atoms with van der Waals surface area (Å²) in [6, 6.07) is 17.9. The van der Waals surface area contributed by atoms with Gasteiger partial charge in [-0.15, -0.1) is 0 Å². The van der Waals surface area contributed by atoms with E-state index in [1.165, 1.54) is 0 Å². The van der Waals surface area contributed by atoms with Crippen molar-refractivity contribution >= 4 is 26.1 Å². The van der Waals surface area contributed by atoms with Gasteiger partial charge in [-0.25, -0.2) is 0 Å². The van der Waals surface area contributed by atoms with Crippen LogP contribution in [0.15, 0.2) is 54.6 Å². The predicted molar refractivity (Wildman–Crippen MR) is 123 cm³/mol. The highest BCUT2D eigenvalue weighted by Gasteiger charge is 2.51. The third-order valence-electron chi connectivity index (χ3n) is 5.90. The zero-order chi connectivity index (χ0) is 22.0. The SMILES string of the molecule is CCOC(=O)CC1(O[Si](C)(C)C(C)(C)C)OC(c2ccccc2)=Cc2ccccc21. The highest BCUT2D eigenvalue weighted by Crippen LogP contribution is 2.48. The average molecular weight is 425 g/mol. The van der Waals surface area contributed by atoms with Crippen LogP contribution in [0.3, 0.4) is 0 Å². The monoisotopic (exact) mass is 424 g/mol. The summed E-state index contributed by atoms with van der Waals surface area (Å²) < 4.78 is 18.8. The number of hydrogen-bond donors (Lipinski definition) is 0. The summed E-state index contributed by atoms with van der Waals surface area (Å²) in [5.74, 6) is -0.871. The van der Waals surface area contributed by atoms with E-state index in [4.69, 9.17) is 13.9 Å². The molecule has 30 heavy (non-hydrogen) atoms. The number of hydrogen-bond acceptors (Lipinski definition) is 4. The molecule has 0 saturated carbocycles. The summed E-state index contributed by atoms with van der Waals surface area (Å²) in [4.78, 5) is 12.7. The Balaban J connectivity index is 2.16. The van der Waals surface area contributed by atoms with E-state index in [0.29, 0.717) is 12.4 Å². The van der Waals surface area contributed by atoms with Crippen LogP contribution in [0, 0.1) is 0 Å². The lowest BCUT2D eigenvalue weighted by molar-refractivity contribution is -0.181. The van der Waals surface area contributed by atoms with Crippen molar-refractivity contribution in [1.82, 2.24) is 0 Å². The van der Waals surface area contributed by atoms with Crippen molar-refractivity contribution in [1.29, 1.82) is 0 Å². The first-order chi connectivity index (χ1) is 14.1. The molecule has 1 unspecified atom stereocenters. The third-order valence-corrected chi connectivity index (χ3v) is 10.4. The number of fused-ring (bicyclic) bond motifs is 1. The van der Waals surface area contributed by atoms with E-state index < -0.39 is 14.1 Å². The Labute approximate surface area is 181 Å². The van der Waals surface area contributed by atoms with E-state index in [-0.39, 0.29) is 17.4 Å². The van der Waals surface area contributed by atoms with Crippen LogP contribution in [0.5, 0.6) is 0 Å². The minimum Gasteiger partial charge on any atom is -0.466 e. The van der Waals surface area contributed by atoms with Gasteiger partial charge in [0.25, 0.3) is 0 Å². The number of esters is 1. The van der Waals surface area contributed by atoms with Crippen LogP contribution in [0.2, 0.25) is 18.1 Å². The number of benzene rings is 2. The molecule has 0 aromatic heterocycles. The van der Waals surface area contributed by atoms with Crippen molar-refractivity contribution in [3.63, 3.8) is 0 Å². The maximum atomic E-state index is 12.7. The maximum absolute atomic E-state index is 12.7. The fraction of sp³-hybridized carbons (Fsp3) is 0.400. The van der Waals surface area contributed by atoms with Gasteiger partial charge in [-0.1, -0.05) is 75.4 Å². The Bertz CT molecular complexity index is 928. The second-order valence-corrected chi connectivity index (χ2v) is 13.9. The molecule has 2 aromatic rings. The van der Waals surface area contributed by atoms with E-state index >= 15 is 0 Å². The molecule has 1 aliphatic heterocycles. The molecule has 0 N–H and O–H groups in total. The average Bonchev–Trinajstić information content (AvgIpc) is 2.67. The highest BCUT2D eigenvalue weighted by molar-refractivity contribution is 6.74. The van der Waals surface area contributed by atoms with E-state index in [1.54, 1.807) is 0 Å². The van der Waals surface area contributed by atoms with Gasteiger partial charge >= 0.3 is 5.97 Å². The van der Waals surface area contributed by atoms with Crippen molar-refractivity contribution < 1.29 is 18.7 Å². The van der Waals surface area contributed by atoms with E-state index in [0.717, 1.165) is 16.7 Å². The quantitative estimate of drug-likeness (QED) is 0.401. The third kappa shape index (κ3) is 4.52. The van der Waals surface area contributed by atoms with Crippen molar-refractivity contribution in [2.24, 2.45) is 0 Å². The molecule has 0 bridgehead atoms. The van der Waals surface area contributed by atoms with Crippen LogP contribution in [-0.4, -0.2) is 20.9 Å². The molecule has 0 fully saturated rings. The van der Waals surface area contributed by atoms with Crippen molar-refractivity contribution in [2.45, 2.75) is 58.0 Å². The zero-order valence-corrected chi connectivity index (χ0v) is 19.8. The normalized spacial score (nSPS) is 18.8. The van der Waals surface area contributed by atoms with Crippen molar-refractivity contribution in [3.05, 3.63) is 71.3 Å². The Hall–Kier alpha value is -2.37. The molecule has 4 nitrogen and oxygen atoms in total. The Morgan fingerprint density at radius 2 is 1.67 bits per heavy atom. The van der Waals surface area contributed by atoms with Gasteiger partial charge in [0, 0.05) is 11.1 Å². The lowest BCUT2D eigenvalue weighted by Gasteiger charge is -2.47. The molecular formula is C25H32O4Si. The largest absolute Gasteiger partial charge is 0.466 e. The molecular weight excluding hydrogens is 392 g/mol. The van der Waals surface area contributed by atoms with Gasteiger partial charge in [-0.05, 0) is 36.7 Å². The molecule has 1 aliphatic rings. The summed E-state index contributed by atoms with van der Waals surface area (Å²) in [5.41, 5.74) is 2.80. The molecule has 2 aromatic carbocycles. The Kier molecular flexibility index (Phi) is 6.25. The molecule has 1 atom stereocenters. The number of ether oxygens (including phenoxy) is 2. The molecule has 0 aliphatic carbocycles. The highest BCUT2D eigenvalue weighted by atomic mass is 28.4. The zero-order valence-electron chi connectivity index (χ0n) is 18.8. The van der Waals surface area contributed by atoms with Crippen molar-refractivity contribution in [2.75, 3.05) is 6.61 Å². The second-order valence-electron chi connectivity index (χ2n) is 9.16. The summed E-state index contributed by atoms with van der Waals surface area (Å²) in [6.45, 7) is 13.0. The minimum atomic E-state index is -2.31. The Morgan fingerprint density at radius 1 is 1.03 bits per heavy atom. The van der Waals surface area contributed by atoms with Gasteiger partial charge in [-0.2, -0.15) is 0 Å². The van der Waals surface area contributed by atoms with Crippen LogP contribution in [0.4, 0.5) is 0 Å². The molecule has 0 radical (unpaired) electrons. The summed E-state index contributed by atoms with van der Waals surface area (Å²) in [6.07, 6.45) is 2.01. The number of carbonyl (C=O) groups is 1. The number of carbonyl (C=O) groups excluding carboxylic acids is 1. The summed E-state index contributed by atoms with van der Waals surface area (Å²) in [7, 11) is -2.31. The maximum Gasteiger partial charge on any atom is 0.312 e. The van der Waals surface area contributed by atoms with Crippen LogP contribution in [-0.2, 0) is 24.5 Å². The lowest BCUT2D eigenvalue weighted by Crippen LogP contribution is -2.51. The Morgan fingerprint density at radius 3 is 2.30 bits per heavy atom. The summed E-state index contributed by atoms with van der Waals surface area (Å²) >= 11 is 0. The first-order valence-electron chi connectivity index (χ1n) is 10.5. The molecule has 0 amide bonds. The van der Waals surface area contributed by atoms with E-state index in [9.17, 15) is 4.79 Å². The molecule has 5 heteroatoms. The van der Waals surface area contributed by atoms with Gasteiger partial charge in [0.1, 0.15) is 12.2 Å². The topological polar surface area (TPSA) is 44.8 Å². The van der Waals surface area contributed by atoms with Crippen LogP contribution in [0.25, 0.3) is 11.8 Å². The first-order valence-corrected chi connectivity index (χ1v) is 13.4. The molecule has 160 valence electrons. The van der Waals surface area contributed by atoms with Crippen LogP contribution in [0.1, 0.15) is 50.8 Å². The van der Waals surface area contributed by atoms with Crippen LogP contribution < -0.4 is 0 Å². The van der Waals surface area contributed by atoms with Gasteiger partial charge < -0.3 is 13.9 Å². The van der Waals surface area contributed by atoms with Gasteiger partial charge in [0.2, 0.25) is 5.79 Å². The molecule has 0 saturated heterocycles. The lowest BCUT2D eigenvalue weighted by atomic mass is 9.93. The van der Waals surface area contributed by atoms with Crippen molar-refractivity contribution in [3.8, 4) is 0 Å². The van der Waals surface area contributed by atoms with E-state index in [1.807, 2.05) is 67.6 Å². The standard InChI is InChI=1S/C25H32O4Si/c1-7-27-23(26)18-25(29-30(5,6)24(2,3)4)21-16-12-11-15-20(21)17-22(28-25)19-13-9-8-10-14-19/h8-17H,7,18H2,1-6H3. The first kappa shape index (κ1) is 22.3. The van der Waals surface area contributed by atoms with E-state index in [2.05, 4.69) is 33.9 Å². The smallest absolute Gasteiger partial charge is 0.312 e. The molecule has 0 spiro atoms. The predicted octanol–water partition coefficient (Wildman–Crippen LogP) is 6.34. The van der Waals surface area contributed by atoms with Gasteiger partial charge in [0.15, 0.2) is 8.32 Å². The number of rotatable bonds is 6.